The molecule has 2 aliphatic rings. The molecule has 0 aliphatic carbocycles. The van der Waals surface area contributed by atoms with Crippen molar-refractivity contribution in [1.82, 2.24) is 0 Å². The summed E-state index contributed by atoms with van der Waals surface area (Å²) in [5.41, 5.74) is -0.871. The predicted molar refractivity (Wildman–Crippen MR) is 69.3 cm³/mol. The van der Waals surface area contributed by atoms with Crippen molar-refractivity contribution in [2.45, 2.75) is 50.2 Å². The van der Waals surface area contributed by atoms with Crippen LogP contribution in [0.4, 0.5) is 0 Å². The van der Waals surface area contributed by atoms with E-state index >= 15 is 0 Å². The summed E-state index contributed by atoms with van der Waals surface area (Å²) < 4.78 is 6.00. The van der Waals surface area contributed by atoms with E-state index < -0.39 is 5.60 Å². The van der Waals surface area contributed by atoms with E-state index in [1.807, 2.05) is 11.8 Å². The Kier molecular flexibility index (Phi) is 4.16. The van der Waals surface area contributed by atoms with E-state index in [9.17, 15) is 9.90 Å². The van der Waals surface area contributed by atoms with E-state index in [1.54, 1.807) is 6.92 Å². The number of aldehydes is 1. The van der Waals surface area contributed by atoms with Crippen LogP contribution in [0.2, 0.25) is 0 Å². The number of ether oxygens (including phenoxy) is 1. The molecule has 0 amide bonds. The lowest BCUT2D eigenvalue weighted by Gasteiger charge is -2.46. The Morgan fingerprint density at radius 3 is 2.88 bits per heavy atom. The molecular weight excluding hydrogens is 236 g/mol. The van der Waals surface area contributed by atoms with Crippen LogP contribution in [0.5, 0.6) is 0 Å². The maximum absolute atomic E-state index is 10.6. The molecule has 2 aliphatic heterocycles. The van der Waals surface area contributed by atoms with Crippen LogP contribution in [0.3, 0.4) is 0 Å². The number of rotatable bonds is 3. The van der Waals surface area contributed by atoms with Gasteiger partial charge in [-0.25, -0.2) is 0 Å². The van der Waals surface area contributed by atoms with E-state index in [2.05, 4.69) is 0 Å². The third kappa shape index (κ3) is 3.04. The number of thioether (sulfide) groups is 1. The van der Waals surface area contributed by atoms with Gasteiger partial charge in [0.25, 0.3) is 0 Å². The molecule has 0 aromatic rings. The molecule has 0 aromatic carbocycles. The predicted octanol–water partition coefficient (Wildman–Crippen LogP) is 2.02. The molecule has 3 nitrogen and oxygen atoms in total. The Hall–Kier alpha value is -0.0600. The van der Waals surface area contributed by atoms with Gasteiger partial charge in [0.05, 0.1) is 11.2 Å². The van der Waals surface area contributed by atoms with Crippen LogP contribution in [0, 0.1) is 5.92 Å². The summed E-state index contributed by atoms with van der Waals surface area (Å²) >= 11 is 1.98. The van der Waals surface area contributed by atoms with Gasteiger partial charge in [0, 0.05) is 13.0 Å². The molecule has 17 heavy (non-hydrogen) atoms. The Morgan fingerprint density at radius 2 is 2.24 bits per heavy atom. The van der Waals surface area contributed by atoms with Gasteiger partial charge in [-0.1, -0.05) is 0 Å². The highest BCUT2D eigenvalue weighted by atomic mass is 32.2. The second-order valence-corrected chi connectivity index (χ2v) is 6.79. The largest absolute Gasteiger partial charge is 0.389 e. The van der Waals surface area contributed by atoms with Crippen LogP contribution in [-0.4, -0.2) is 40.7 Å². The SMILES string of the molecule is CC(O)(CC=O)C1CCOC2(CCSCC2)C1. The maximum Gasteiger partial charge on any atom is 0.122 e. The molecule has 2 atom stereocenters. The standard InChI is InChI=1S/C13H22O3S/c1-12(15,3-6-14)11-2-7-16-13(10-11)4-8-17-9-5-13/h6,11,15H,2-5,7-10H2,1H3. The molecule has 2 unspecified atom stereocenters. The first kappa shape index (κ1) is 13.4. The molecular formula is C13H22O3S. The lowest BCUT2D eigenvalue weighted by molar-refractivity contribution is -0.146. The zero-order valence-corrected chi connectivity index (χ0v) is 11.3. The second-order valence-electron chi connectivity index (χ2n) is 5.56. The topological polar surface area (TPSA) is 46.5 Å². The molecule has 1 spiro atoms. The van der Waals surface area contributed by atoms with Gasteiger partial charge in [-0.2, -0.15) is 11.8 Å². The van der Waals surface area contributed by atoms with Crippen LogP contribution in [0.1, 0.15) is 39.0 Å². The van der Waals surface area contributed by atoms with Gasteiger partial charge in [0.1, 0.15) is 6.29 Å². The van der Waals surface area contributed by atoms with Crippen molar-refractivity contribution in [1.29, 1.82) is 0 Å². The van der Waals surface area contributed by atoms with Crippen LogP contribution in [0.25, 0.3) is 0 Å². The molecule has 2 fully saturated rings. The molecule has 4 heteroatoms. The number of carbonyl (C=O) groups excluding carboxylic acids is 1. The molecule has 98 valence electrons. The van der Waals surface area contributed by atoms with Gasteiger partial charge in [-0.05, 0) is 50.0 Å². The van der Waals surface area contributed by atoms with Crippen LogP contribution >= 0.6 is 11.8 Å². The molecule has 0 bridgehead atoms. The zero-order chi connectivity index (χ0) is 12.4. The van der Waals surface area contributed by atoms with Gasteiger partial charge < -0.3 is 14.6 Å². The third-order valence-electron chi connectivity index (χ3n) is 4.27. The molecule has 2 rings (SSSR count). The second kappa shape index (κ2) is 5.29. The summed E-state index contributed by atoms with van der Waals surface area (Å²) in [5.74, 6) is 2.51. The number of carbonyl (C=O) groups is 1. The van der Waals surface area contributed by atoms with E-state index in [0.29, 0.717) is 0 Å². The lowest BCUT2D eigenvalue weighted by atomic mass is 9.73. The molecule has 0 radical (unpaired) electrons. The zero-order valence-electron chi connectivity index (χ0n) is 10.5. The smallest absolute Gasteiger partial charge is 0.122 e. The van der Waals surface area contributed by atoms with Gasteiger partial charge >= 0.3 is 0 Å². The minimum Gasteiger partial charge on any atom is -0.389 e. The molecule has 2 saturated heterocycles. The molecule has 0 saturated carbocycles. The van der Waals surface area contributed by atoms with Crippen LogP contribution < -0.4 is 0 Å². The molecule has 1 N–H and O–H groups in total. The fraction of sp³-hybridized carbons (Fsp3) is 0.923. The van der Waals surface area contributed by atoms with Crippen LogP contribution in [0.15, 0.2) is 0 Å². The van der Waals surface area contributed by atoms with Crippen molar-refractivity contribution < 1.29 is 14.6 Å². The van der Waals surface area contributed by atoms with Crippen molar-refractivity contribution in [3.8, 4) is 0 Å². The van der Waals surface area contributed by atoms with Crippen molar-refractivity contribution in [2.75, 3.05) is 18.1 Å². The number of aliphatic hydroxyl groups is 1. The Bertz CT molecular complexity index is 266. The first-order valence-electron chi connectivity index (χ1n) is 6.46. The Morgan fingerprint density at radius 1 is 1.53 bits per heavy atom. The fourth-order valence-electron chi connectivity index (χ4n) is 2.99. The highest BCUT2D eigenvalue weighted by Crippen LogP contribution is 2.43. The summed E-state index contributed by atoms with van der Waals surface area (Å²) in [4.78, 5) is 10.6. The summed E-state index contributed by atoms with van der Waals surface area (Å²) in [6, 6.07) is 0. The normalized spacial score (nSPS) is 32.0. The number of hydrogen-bond acceptors (Lipinski definition) is 4. The van der Waals surface area contributed by atoms with E-state index in [0.717, 1.165) is 50.1 Å². The van der Waals surface area contributed by atoms with Crippen molar-refractivity contribution in [2.24, 2.45) is 5.92 Å². The number of hydrogen-bond donors (Lipinski definition) is 1. The quantitative estimate of drug-likeness (QED) is 0.787. The maximum atomic E-state index is 10.6. The van der Waals surface area contributed by atoms with Crippen molar-refractivity contribution in [3.63, 3.8) is 0 Å². The van der Waals surface area contributed by atoms with Gasteiger partial charge in [0.15, 0.2) is 0 Å². The summed E-state index contributed by atoms with van der Waals surface area (Å²) in [7, 11) is 0. The minimum atomic E-state index is -0.858. The highest BCUT2D eigenvalue weighted by molar-refractivity contribution is 7.99. The fourth-order valence-corrected chi connectivity index (χ4v) is 4.22. The molecule has 2 heterocycles. The first-order chi connectivity index (χ1) is 8.08. The minimum absolute atomic E-state index is 0.0129. The summed E-state index contributed by atoms with van der Waals surface area (Å²) in [6.45, 7) is 2.52. The van der Waals surface area contributed by atoms with Gasteiger partial charge in [-0.3, -0.25) is 0 Å². The van der Waals surface area contributed by atoms with Gasteiger partial charge in [0.2, 0.25) is 0 Å². The molecule has 0 aromatic heterocycles. The first-order valence-corrected chi connectivity index (χ1v) is 7.61. The van der Waals surface area contributed by atoms with E-state index in [4.69, 9.17) is 4.74 Å². The highest BCUT2D eigenvalue weighted by Gasteiger charge is 2.44. The van der Waals surface area contributed by atoms with Gasteiger partial charge in [-0.15, -0.1) is 0 Å². The van der Waals surface area contributed by atoms with Crippen molar-refractivity contribution in [3.05, 3.63) is 0 Å². The average Bonchev–Trinajstić information content (AvgIpc) is 2.30. The van der Waals surface area contributed by atoms with E-state index in [1.165, 1.54) is 0 Å². The van der Waals surface area contributed by atoms with Crippen molar-refractivity contribution >= 4 is 18.0 Å². The third-order valence-corrected chi connectivity index (χ3v) is 5.26. The Labute approximate surface area is 107 Å². The van der Waals surface area contributed by atoms with E-state index in [-0.39, 0.29) is 17.9 Å². The summed E-state index contributed by atoms with van der Waals surface area (Å²) in [5, 5.41) is 10.4. The van der Waals surface area contributed by atoms with Crippen LogP contribution in [-0.2, 0) is 9.53 Å². The lowest BCUT2D eigenvalue weighted by Crippen LogP contribution is -2.49. The Balaban J connectivity index is 2.03. The summed E-state index contributed by atoms with van der Waals surface area (Å²) in [6.07, 6.45) is 5.03. The average molecular weight is 258 g/mol. The monoisotopic (exact) mass is 258 g/mol.